The van der Waals surface area contributed by atoms with Crippen molar-refractivity contribution in [1.29, 1.82) is 0 Å². The van der Waals surface area contributed by atoms with Gasteiger partial charge < -0.3 is 9.47 Å². The van der Waals surface area contributed by atoms with Crippen molar-refractivity contribution >= 4 is 18.0 Å². The van der Waals surface area contributed by atoms with E-state index in [1.54, 1.807) is 13.0 Å². The lowest BCUT2D eigenvalue weighted by molar-refractivity contribution is -0.150. The first-order valence-electron chi connectivity index (χ1n) is 9.20. The fourth-order valence-electron chi connectivity index (χ4n) is 2.80. The van der Waals surface area contributed by atoms with Crippen molar-refractivity contribution in [3.05, 3.63) is 12.2 Å². The minimum absolute atomic E-state index is 0.0533. The van der Waals surface area contributed by atoms with E-state index < -0.39 is 5.97 Å². The van der Waals surface area contributed by atoms with Crippen LogP contribution in [0.2, 0.25) is 0 Å². The monoisotopic (exact) mass is 367 g/mol. The van der Waals surface area contributed by atoms with Crippen LogP contribution in [0.5, 0.6) is 0 Å². The van der Waals surface area contributed by atoms with Crippen LogP contribution in [0.3, 0.4) is 0 Å². The summed E-state index contributed by atoms with van der Waals surface area (Å²) in [5.74, 6) is -0.199. The van der Waals surface area contributed by atoms with E-state index in [9.17, 15) is 14.4 Å². The van der Waals surface area contributed by atoms with Crippen molar-refractivity contribution < 1.29 is 23.9 Å². The van der Waals surface area contributed by atoms with Crippen LogP contribution in [0, 0.1) is 11.3 Å². The van der Waals surface area contributed by atoms with Gasteiger partial charge in [-0.2, -0.15) is 0 Å². The lowest BCUT2D eigenvalue weighted by Crippen LogP contribution is -2.17. The molecule has 1 unspecified atom stereocenters. The first-order chi connectivity index (χ1) is 12.2. The SMILES string of the molecule is C=C(C)C(=O)OCCOC(=O)CCCCC(C)CC(C)(C)CCN=C=O. The summed E-state index contributed by atoms with van der Waals surface area (Å²) in [5.41, 5.74) is 0.463. The zero-order chi connectivity index (χ0) is 20.0. The molecular weight excluding hydrogens is 334 g/mol. The number of ether oxygens (including phenoxy) is 2. The number of unbranched alkanes of at least 4 members (excludes halogenated alkanes) is 1. The summed E-state index contributed by atoms with van der Waals surface area (Å²) in [4.78, 5) is 36.5. The van der Waals surface area contributed by atoms with Crippen molar-refractivity contribution in [1.82, 2.24) is 0 Å². The summed E-state index contributed by atoms with van der Waals surface area (Å²) in [7, 11) is 0. The molecule has 26 heavy (non-hydrogen) atoms. The molecule has 6 nitrogen and oxygen atoms in total. The van der Waals surface area contributed by atoms with E-state index in [0.29, 0.717) is 24.5 Å². The van der Waals surface area contributed by atoms with Gasteiger partial charge in [-0.25, -0.2) is 14.6 Å². The molecule has 0 saturated carbocycles. The first-order valence-corrected chi connectivity index (χ1v) is 9.20. The normalized spacial score (nSPS) is 12.0. The summed E-state index contributed by atoms with van der Waals surface area (Å²) in [6.07, 6.45) is 6.67. The Labute approximate surface area is 157 Å². The highest BCUT2D eigenvalue weighted by Gasteiger charge is 2.20. The molecule has 1 atom stereocenters. The molecule has 0 saturated heterocycles. The minimum atomic E-state index is -0.476. The smallest absolute Gasteiger partial charge is 0.333 e. The van der Waals surface area contributed by atoms with E-state index in [1.807, 2.05) is 0 Å². The second-order valence-electron chi connectivity index (χ2n) is 7.58. The van der Waals surface area contributed by atoms with Crippen LogP contribution in [-0.4, -0.2) is 37.8 Å². The van der Waals surface area contributed by atoms with Gasteiger partial charge in [-0.15, -0.1) is 0 Å². The Balaban J connectivity index is 3.77. The average Bonchev–Trinajstić information content (AvgIpc) is 2.54. The van der Waals surface area contributed by atoms with Gasteiger partial charge in [0.05, 0.1) is 6.54 Å². The quantitative estimate of drug-likeness (QED) is 0.152. The molecule has 0 amide bonds. The Morgan fingerprint density at radius 1 is 1.19 bits per heavy atom. The van der Waals surface area contributed by atoms with Crippen molar-refractivity contribution in [3.8, 4) is 0 Å². The molecule has 0 aliphatic heterocycles. The molecule has 0 rings (SSSR count). The van der Waals surface area contributed by atoms with Gasteiger partial charge >= 0.3 is 11.9 Å². The molecule has 0 radical (unpaired) electrons. The summed E-state index contributed by atoms with van der Waals surface area (Å²) in [6, 6.07) is 0. The Morgan fingerprint density at radius 3 is 2.46 bits per heavy atom. The van der Waals surface area contributed by atoms with E-state index in [0.717, 1.165) is 32.1 Å². The number of hydrogen-bond acceptors (Lipinski definition) is 6. The van der Waals surface area contributed by atoms with Crippen LogP contribution in [0.1, 0.15) is 66.2 Å². The Hall–Kier alpha value is -1.94. The molecule has 0 fully saturated rings. The highest BCUT2D eigenvalue weighted by molar-refractivity contribution is 5.86. The highest BCUT2D eigenvalue weighted by atomic mass is 16.6. The van der Waals surface area contributed by atoms with Crippen LogP contribution in [0.15, 0.2) is 17.1 Å². The molecule has 0 aromatic rings. The molecule has 0 bridgehead atoms. The second-order valence-corrected chi connectivity index (χ2v) is 7.58. The number of carbonyl (C=O) groups excluding carboxylic acids is 3. The van der Waals surface area contributed by atoms with Crippen molar-refractivity contribution in [2.75, 3.05) is 19.8 Å². The van der Waals surface area contributed by atoms with Crippen LogP contribution >= 0.6 is 0 Å². The summed E-state index contributed by atoms with van der Waals surface area (Å²) >= 11 is 0. The Kier molecular flexibility index (Phi) is 12.3. The van der Waals surface area contributed by atoms with Gasteiger partial charge in [-0.05, 0) is 37.5 Å². The number of isocyanates is 1. The number of hydrogen-bond donors (Lipinski definition) is 0. The molecule has 0 aromatic heterocycles. The van der Waals surface area contributed by atoms with E-state index >= 15 is 0 Å². The van der Waals surface area contributed by atoms with Gasteiger partial charge in [0.1, 0.15) is 13.2 Å². The summed E-state index contributed by atoms with van der Waals surface area (Å²) < 4.78 is 9.88. The zero-order valence-electron chi connectivity index (χ0n) is 16.6. The number of esters is 2. The molecule has 0 aliphatic rings. The molecule has 0 aromatic carbocycles. The summed E-state index contributed by atoms with van der Waals surface area (Å²) in [5, 5.41) is 0. The fraction of sp³-hybridized carbons (Fsp3) is 0.750. The molecule has 0 aliphatic carbocycles. The summed E-state index contributed by atoms with van der Waals surface area (Å²) in [6.45, 7) is 12.3. The van der Waals surface area contributed by atoms with E-state index in [2.05, 4.69) is 32.3 Å². The van der Waals surface area contributed by atoms with E-state index in [4.69, 9.17) is 9.47 Å². The van der Waals surface area contributed by atoms with Gasteiger partial charge in [0.25, 0.3) is 0 Å². The number of carbonyl (C=O) groups is 2. The van der Waals surface area contributed by atoms with Gasteiger partial charge in [-0.1, -0.05) is 40.2 Å². The van der Waals surface area contributed by atoms with Crippen molar-refractivity contribution in [2.45, 2.75) is 66.2 Å². The third kappa shape index (κ3) is 13.4. The lowest BCUT2D eigenvalue weighted by atomic mass is 9.79. The van der Waals surface area contributed by atoms with Crippen molar-refractivity contribution in [3.63, 3.8) is 0 Å². The predicted octanol–water partition coefficient (Wildman–Crippen LogP) is 3.99. The number of aliphatic imine (C=N–C) groups is 1. The van der Waals surface area contributed by atoms with E-state index in [1.165, 1.54) is 0 Å². The van der Waals surface area contributed by atoms with Gasteiger partial charge in [-0.3, -0.25) is 4.79 Å². The average molecular weight is 367 g/mol. The van der Waals surface area contributed by atoms with Crippen LogP contribution in [-0.2, 0) is 23.9 Å². The third-order valence-corrected chi connectivity index (χ3v) is 4.12. The van der Waals surface area contributed by atoms with Crippen molar-refractivity contribution in [2.24, 2.45) is 16.3 Å². The second kappa shape index (κ2) is 13.3. The fourth-order valence-corrected chi connectivity index (χ4v) is 2.80. The largest absolute Gasteiger partial charge is 0.462 e. The van der Waals surface area contributed by atoms with E-state index in [-0.39, 0.29) is 24.6 Å². The Bertz CT molecular complexity index is 506. The maximum absolute atomic E-state index is 11.6. The third-order valence-electron chi connectivity index (χ3n) is 4.12. The zero-order valence-corrected chi connectivity index (χ0v) is 16.6. The molecule has 0 N–H and O–H groups in total. The number of nitrogens with zero attached hydrogens (tertiary/aromatic N) is 1. The van der Waals surface area contributed by atoms with Gasteiger partial charge in [0.2, 0.25) is 6.08 Å². The molecular formula is C20H33NO5. The van der Waals surface area contributed by atoms with Crippen LogP contribution in [0.25, 0.3) is 0 Å². The van der Waals surface area contributed by atoms with Crippen LogP contribution in [0.4, 0.5) is 0 Å². The highest BCUT2D eigenvalue weighted by Crippen LogP contribution is 2.31. The predicted molar refractivity (Wildman–Crippen MR) is 100 cm³/mol. The van der Waals surface area contributed by atoms with Gasteiger partial charge in [0, 0.05) is 12.0 Å². The molecule has 0 heterocycles. The lowest BCUT2D eigenvalue weighted by Gasteiger charge is -2.27. The maximum atomic E-state index is 11.6. The van der Waals surface area contributed by atoms with Crippen LogP contribution < -0.4 is 0 Å². The molecule has 0 spiro atoms. The molecule has 148 valence electrons. The first kappa shape index (κ1) is 24.1. The topological polar surface area (TPSA) is 82.0 Å². The minimum Gasteiger partial charge on any atom is -0.462 e. The molecule has 6 heteroatoms. The Morgan fingerprint density at radius 2 is 1.85 bits per heavy atom. The van der Waals surface area contributed by atoms with Gasteiger partial charge in [0.15, 0.2) is 0 Å². The standard InChI is InChI=1S/C20H33NO5/c1-16(2)19(24)26-13-12-25-18(23)9-7-6-8-17(3)14-20(4,5)10-11-21-15-22/h17H,1,6-14H2,2-5H3. The maximum Gasteiger partial charge on any atom is 0.333 e. The number of rotatable bonds is 14.